The zero-order chi connectivity index (χ0) is 72.3. The molecule has 2 saturated heterocycles. The van der Waals surface area contributed by atoms with Crippen LogP contribution in [-0.4, -0.2) is 179 Å². The number of Topliss-reactive ketones (excluding diaryl/α,β-unsaturated/α-hetero) is 2. The van der Waals surface area contributed by atoms with Crippen molar-refractivity contribution in [3.63, 3.8) is 0 Å². The first kappa shape index (κ1) is 76.5. The first-order chi connectivity index (χ1) is 46.9. The number of aromatic amines is 1. The number of rotatable bonds is 30. The summed E-state index contributed by atoms with van der Waals surface area (Å²) in [5.74, 6) is -3.97. The third-order valence-electron chi connectivity index (χ3n) is 22.5. The fourth-order valence-electron chi connectivity index (χ4n) is 15.0. The summed E-state index contributed by atoms with van der Waals surface area (Å²) in [4.78, 5) is 41.3. The van der Waals surface area contributed by atoms with Crippen LogP contribution in [-0.2, 0) is 90.6 Å². The van der Waals surface area contributed by atoms with Gasteiger partial charge in [0.2, 0.25) is 5.69 Å². The third kappa shape index (κ3) is 17.2. The van der Waals surface area contributed by atoms with Gasteiger partial charge in [-0.15, -0.1) is 0 Å². The van der Waals surface area contributed by atoms with Crippen LogP contribution in [0.4, 0.5) is 17.6 Å². The van der Waals surface area contributed by atoms with Crippen LogP contribution in [0.1, 0.15) is 99.9 Å². The molecule has 6 aliphatic rings. The van der Waals surface area contributed by atoms with E-state index in [-0.39, 0.29) is 58.0 Å². The second-order valence-corrected chi connectivity index (χ2v) is 57.9. The molecule has 2 unspecified atom stereocenters. The molecule has 6 heterocycles. The molecule has 12 rings (SSSR count). The van der Waals surface area contributed by atoms with Gasteiger partial charge >= 0.3 is 0 Å². The number of benzene rings is 2. The predicted octanol–water partition coefficient (Wildman–Crippen LogP) is 14.1. The molecule has 6 aromatic rings. The van der Waals surface area contributed by atoms with Crippen molar-refractivity contribution in [2.45, 2.75) is 234 Å². The van der Waals surface area contributed by atoms with Crippen LogP contribution in [0.3, 0.4) is 0 Å². The molecule has 4 fully saturated rings. The molecule has 2 aromatic carbocycles. The molecular formula is C74H115F4N10O8Si4+. The summed E-state index contributed by atoms with van der Waals surface area (Å²) in [5, 5.41) is 8.71. The van der Waals surface area contributed by atoms with Gasteiger partial charge in [-0.2, -0.15) is 10.2 Å². The lowest BCUT2D eigenvalue weighted by molar-refractivity contribution is -0.787. The largest absolute Gasteiger partial charge is 0.379 e. The van der Waals surface area contributed by atoms with Gasteiger partial charge in [0, 0.05) is 119 Å². The van der Waals surface area contributed by atoms with E-state index in [1.54, 1.807) is 30.5 Å². The van der Waals surface area contributed by atoms with Crippen molar-refractivity contribution in [2.75, 3.05) is 79.0 Å². The molecule has 0 spiro atoms. The summed E-state index contributed by atoms with van der Waals surface area (Å²) in [6.45, 7) is 47.5. The molecule has 552 valence electrons. The van der Waals surface area contributed by atoms with Gasteiger partial charge in [0.05, 0.1) is 61.7 Å². The Labute approximate surface area is 594 Å². The highest BCUT2D eigenvalue weighted by molar-refractivity contribution is 6.77. The number of nitrogens with one attached hydrogen (secondary N) is 1. The average Bonchev–Trinajstić information content (AvgIpc) is 1.56. The number of H-pyrrole nitrogens is 1. The lowest BCUT2D eigenvalue weighted by Gasteiger charge is -2.32. The maximum Gasteiger partial charge on any atom is 0.276 e. The standard InChI is InChI=1S/2C37H57F2N5O4Si2/c1-24(35(45)25(2)42-10-12-46-13-11-42)27-19-29-34(32(39)31(27)38)40-36(43(29)22-47-14-16-49(4,5)6)33-28-18-26-20-37(26,3)21-30(28)44(41-33)23-48-15-17-50(7,8)9;1-24(35(45)25(2)42-10-12-46-13-11-42)27-19-29-34(32(39)31(27)38)43(22-47-14-16-49(4,5)6)36(40-29)33-28-18-26-20-37(26,3)21-30(28)44(41-33)23-48-15-17-50(7,8)9/h2*19,24-26H,10-18,20-23H2,1-9H3/p+1/t2*24?,25-,26+,37+/m00/s1. The maximum absolute atomic E-state index is 16.4. The number of aromatic nitrogens is 8. The topological polar surface area (TPSA) is 169 Å². The third-order valence-corrected chi connectivity index (χ3v) is 29.3. The van der Waals surface area contributed by atoms with Gasteiger partial charge in [0.25, 0.3) is 6.73 Å². The number of fused-ring (bicyclic) bond motifs is 6. The Kier molecular flexibility index (Phi) is 23.0. The van der Waals surface area contributed by atoms with Crippen molar-refractivity contribution in [1.29, 1.82) is 0 Å². The number of morpholine rings is 2. The number of carbonyl (C=O) groups excluding carboxylic acids is 2. The monoisotopic (exact) mass is 1460 g/mol. The first-order valence-corrected chi connectivity index (χ1v) is 51.8. The number of hydrogen-bond donors (Lipinski definition) is 1. The summed E-state index contributed by atoms with van der Waals surface area (Å²) in [7, 11) is -5.28. The molecule has 2 saturated carbocycles. The Hall–Kier alpha value is -4.59. The zero-order valence-corrected chi connectivity index (χ0v) is 67.3. The fourth-order valence-corrected chi connectivity index (χ4v) is 18.1. The van der Waals surface area contributed by atoms with E-state index < -0.39 is 79.5 Å². The Morgan fingerprint density at radius 3 is 1.60 bits per heavy atom. The number of halogens is 4. The summed E-state index contributed by atoms with van der Waals surface area (Å²) in [5.41, 5.74) is 7.41. The normalized spacial score (nSPS) is 22.4. The second-order valence-electron chi connectivity index (χ2n) is 35.4. The number of ether oxygens (including phenoxy) is 6. The van der Waals surface area contributed by atoms with Crippen LogP contribution in [0.5, 0.6) is 0 Å². The predicted molar refractivity (Wildman–Crippen MR) is 395 cm³/mol. The van der Waals surface area contributed by atoms with Gasteiger partial charge in [-0.1, -0.05) is 111 Å². The van der Waals surface area contributed by atoms with Crippen molar-refractivity contribution >= 4 is 65.9 Å². The van der Waals surface area contributed by atoms with Crippen LogP contribution in [0.25, 0.3) is 45.1 Å². The summed E-state index contributed by atoms with van der Waals surface area (Å²) in [6, 6.07) is 6.35. The minimum atomic E-state index is -1.39. The molecule has 0 bridgehead atoms. The van der Waals surface area contributed by atoms with Gasteiger partial charge < -0.3 is 28.4 Å². The Balaban J connectivity index is 0.000000202. The molecule has 1 N–H and O–H groups in total. The number of carbonyl (C=O) groups is 2. The smallest absolute Gasteiger partial charge is 0.276 e. The van der Waals surface area contributed by atoms with Crippen molar-refractivity contribution in [3.8, 4) is 23.0 Å². The van der Waals surface area contributed by atoms with Gasteiger partial charge in [0.15, 0.2) is 46.5 Å². The number of ketones is 2. The minimum Gasteiger partial charge on any atom is -0.379 e. The highest BCUT2D eigenvalue weighted by Gasteiger charge is 2.57. The SMILES string of the molecule is CC(C(=O)[C@H](C)N1CCOCC1)c1cc2c(nc(-c3[nH][n+](COCC[Si](C)(C)C)c4c3C[C@@H]3C[C@]3(C)C4)n2COCC[Si](C)(C)C)c(F)c1F.CC(C(=O)[C@H](C)N1CCOCC1)c1cc2nc(-c3nn(COCC[Si](C)(C)C)c4c3C[C@@H]3C[C@]3(C)C4)n(COCC[Si](C)(C)C)c2c(F)c1F. The van der Waals surface area contributed by atoms with E-state index >= 15 is 17.6 Å². The van der Waals surface area contributed by atoms with Gasteiger partial charge in [-0.25, -0.2) is 32.2 Å². The second kappa shape index (κ2) is 30.1. The van der Waals surface area contributed by atoms with Crippen LogP contribution in [0.15, 0.2) is 12.1 Å². The molecule has 0 radical (unpaired) electrons. The van der Waals surface area contributed by atoms with Crippen molar-refractivity contribution in [3.05, 3.63) is 69.0 Å². The van der Waals surface area contributed by atoms with Crippen molar-refractivity contribution < 1.29 is 60.3 Å². The molecule has 2 aliphatic heterocycles. The first-order valence-electron chi connectivity index (χ1n) is 37.0. The van der Waals surface area contributed by atoms with Crippen molar-refractivity contribution in [1.82, 2.24) is 43.8 Å². The molecule has 100 heavy (non-hydrogen) atoms. The molecule has 4 aromatic heterocycles. The van der Waals surface area contributed by atoms with E-state index in [9.17, 15) is 9.59 Å². The van der Waals surface area contributed by atoms with E-state index in [0.29, 0.717) is 133 Å². The fraction of sp³-hybridized carbons (Fsp3) is 0.703. The average molecular weight is 1460 g/mol. The van der Waals surface area contributed by atoms with Crippen molar-refractivity contribution in [2.24, 2.45) is 22.7 Å². The zero-order valence-electron chi connectivity index (χ0n) is 63.3. The minimum absolute atomic E-state index is 0.0179. The molecule has 26 heteroatoms. The molecule has 0 amide bonds. The number of nitrogens with zero attached hydrogens (tertiary/aromatic N) is 9. The maximum atomic E-state index is 16.4. The summed E-state index contributed by atoms with van der Waals surface area (Å²) >= 11 is 0. The lowest BCUT2D eigenvalue weighted by Crippen LogP contribution is -2.47. The van der Waals surface area contributed by atoms with Gasteiger partial charge in [-0.05, 0) is 105 Å². The van der Waals surface area contributed by atoms with E-state index in [1.807, 2.05) is 32.9 Å². The molecule has 18 nitrogen and oxygen atoms in total. The summed E-state index contributed by atoms with van der Waals surface area (Å²) < 4.78 is 108. The van der Waals surface area contributed by atoms with E-state index in [1.165, 1.54) is 17.7 Å². The van der Waals surface area contributed by atoms with E-state index in [4.69, 9.17) is 43.5 Å². The lowest BCUT2D eigenvalue weighted by atomic mass is 9.87. The van der Waals surface area contributed by atoms with Crippen LogP contribution in [0, 0.1) is 45.9 Å². The molecule has 4 aliphatic carbocycles. The highest BCUT2D eigenvalue weighted by Crippen LogP contribution is 2.61. The van der Waals surface area contributed by atoms with Gasteiger partial charge in [0.1, 0.15) is 42.6 Å². The highest BCUT2D eigenvalue weighted by atomic mass is 28.3. The Morgan fingerprint density at radius 1 is 0.600 bits per heavy atom. The molecular weight excluding hydrogens is 1350 g/mol. The number of imidazole rings is 2. The quantitative estimate of drug-likeness (QED) is 0.0196. The van der Waals surface area contributed by atoms with Crippen LogP contribution >= 0.6 is 0 Å². The summed E-state index contributed by atoms with van der Waals surface area (Å²) in [6.07, 6.45) is 5.92. The Morgan fingerprint density at radius 2 is 1.07 bits per heavy atom. The number of hydrogen-bond acceptors (Lipinski definition) is 13. The Bertz CT molecular complexity index is 3860. The van der Waals surface area contributed by atoms with Gasteiger partial charge in [-0.3, -0.25) is 28.5 Å². The van der Waals surface area contributed by atoms with E-state index in [2.05, 4.69) is 102 Å². The molecule has 8 atom stereocenters. The van der Waals surface area contributed by atoms with Crippen LogP contribution in [0.2, 0.25) is 103 Å². The van der Waals surface area contributed by atoms with Crippen LogP contribution < -0.4 is 4.68 Å². The van der Waals surface area contributed by atoms with E-state index in [0.717, 1.165) is 73.2 Å².